The lowest BCUT2D eigenvalue weighted by atomic mass is 10.0. The van der Waals surface area contributed by atoms with E-state index in [1.807, 2.05) is 0 Å². The molecule has 1 aliphatic rings. The predicted octanol–water partition coefficient (Wildman–Crippen LogP) is 1.64. The maximum absolute atomic E-state index is 11.7. The minimum absolute atomic E-state index is 0.157. The fourth-order valence-corrected chi connectivity index (χ4v) is 1.34. The summed E-state index contributed by atoms with van der Waals surface area (Å²) in [4.78, 5) is 15.6. The van der Waals surface area contributed by atoms with Crippen LogP contribution in [-0.4, -0.2) is 31.2 Å². The van der Waals surface area contributed by atoms with Crippen molar-refractivity contribution >= 4 is 17.6 Å². The molecule has 0 spiro atoms. The molecule has 0 amide bonds. The minimum Gasteiger partial charge on any atom is -0.464 e. The number of ether oxygens (including phenoxy) is 2. The van der Waals surface area contributed by atoms with Crippen LogP contribution in [0.3, 0.4) is 0 Å². The van der Waals surface area contributed by atoms with E-state index in [1.165, 1.54) is 0 Å². The van der Waals surface area contributed by atoms with Crippen molar-refractivity contribution in [3.8, 4) is 0 Å². The Balaban J connectivity index is 2.42. The molecule has 5 heteroatoms. The molecule has 0 N–H and O–H groups in total. The summed E-state index contributed by atoms with van der Waals surface area (Å²) >= 11 is 5.82. The molecule has 2 rings (SSSR count). The van der Waals surface area contributed by atoms with Crippen LogP contribution in [0.1, 0.15) is 29.0 Å². The van der Waals surface area contributed by atoms with E-state index in [9.17, 15) is 4.79 Å². The SMILES string of the molecule is [2H]c1c(C(=O)OC([2H])([2H])[2H])nc(C2COC2)c([2H])c1Cl. The summed E-state index contributed by atoms with van der Waals surface area (Å²) in [7, 11) is -2.93. The normalized spacial score (nSPS) is 21.5. The molecule has 0 aliphatic carbocycles. The second-order valence-electron chi connectivity index (χ2n) is 3.03. The molecule has 2 heterocycles. The van der Waals surface area contributed by atoms with Gasteiger partial charge in [0, 0.05) is 10.9 Å². The first-order valence-corrected chi connectivity index (χ1v) is 4.56. The van der Waals surface area contributed by atoms with E-state index in [0.717, 1.165) is 0 Å². The lowest BCUT2D eigenvalue weighted by Crippen LogP contribution is -2.26. The first-order valence-electron chi connectivity index (χ1n) is 6.68. The molecule has 80 valence electrons. The van der Waals surface area contributed by atoms with Gasteiger partial charge in [0.1, 0.15) is 5.69 Å². The second kappa shape index (κ2) is 4.16. The van der Waals surface area contributed by atoms with Crippen molar-refractivity contribution in [2.45, 2.75) is 5.92 Å². The average Bonchev–Trinajstić information content (AvgIpc) is 2.24. The van der Waals surface area contributed by atoms with Gasteiger partial charge in [-0.2, -0.15) is 0 Å². The summed E-state index contributed by atoms with van der Waals surface area (Å²) < 4.78 is 45.3. The van der Waals surface area contributed by atoms with Crippen LogP contribution in [0.4, 0.5) is 0 Å². The summed E-state index contributed by atoms with van der Waals surface area (Å²) in [6, 6.07) is -0.676. The zero-order chi connectivity index (χ0) is 15.1. The first kappa shape index (κ1) is 5.82. The highest BCUT2D eigenvalue weighted by molar-refractivity contribution is 6.30. The third-order valence-electron chi connectivity index (χ3n) is 2.01. The van der Waals surface area contributed by atoms with Crippen LogP contribution >= 0.6 is 11.6 Å². The fraction of sp³-hybridized carbons (Fsp3) is 0.400. The maximum atomic E-state index is 11.7. The van der Waals surface area contributed by atoms with Crippen LogP contribution < -0.4 is 0 Å². The highest BCUT2D eigenvalue weighted by atomic mass is 35.5. The molecule has 4 nitrogen and oxygen atoms in total. The maximum Gasteiger partial charge on any atom is 0.356 e. The van der Waals surface area contributed by atoms with Crippen LogP contribution in [0.5, 0.6) is 0 Å². The number of hydrogen-bond acceptors (Lipinski definition) is 4. The van der Waals surface area contributed by atoms with Gasteiger partial charge in [-0.3, -0.25) is 0 Å². The number of carbonyl (C=O) groups excluding carboxylic acids is 1. The van der Waals surface area contributed by atoms with E-state index in [-0.39, 0.29) is 22.7 Å². The van der Waals surface area contributed by atoms with Crippen LogP contribution in [0.15, 0.2) is 12.1 Å². The van der Waals surface area contributed by atoms with Gasteiger partial charge in [-0.1, -0.05) is 11.6 Å². The van der Waals surface area contributed by atoms with Gasteiger partial charge >= 0.3 is 5.97 Å². The largest absolute Gasteiger partial charge is 0.464 e. The van der Waals surface area contributed by atoms with Crippen molar-refractivity contribution in [1.82, 2.24) is 4.98 Å². The summed E-state index contributed by atoms with van der Waals surface area (Å²) in [6.07, 6.45) is 0. The van der Waals surface area contributed by atoms with Crippen molar-refractivity contribution in [3.63, 3.8) is 0 Å². The topological polar surface area (TPSA) is 48.4 Å². The van der Waals surface area contributed by atoms with Crippen molar-refractivity contribution in [1.29, 1.82) is 0 Å². The Morgan fingerprint density at radius 2 is 2.60 bits per heavy atom. The predicted molar refractivity (Wildman–Crippen MR) is 54.1 cm³/mol. The van der Waals surface area contributed by atoms with Gasteiger partial charge in [0.25, 0.3) is 0 Å². The lowest BCUT2D eigenvalue weighted by molar-refractivity contribution is 0.00655. The van der Waals surface area contributed by atoms with Gasteiger partial charge < -0.3 is 9.47 Å². The quantitative estimate of drug-likeness (QED) is 0.728. The Bertz CT molecular complexity index is 559. The highest BCUT2D eigenvalue weighted by Crippen LogP contribution is 2.25. The molecule has 1 aromatic heterocycles. The second-order valence-corrected chi connectivity index (χ2v) is 3.41. The number of carbonyl (C=O) groups is 1. The molecular formula is C10H10ClNO3. The lowest BCUT2D eigenvalue weighted by Gasteiger charge is -2.25. The molecule has 0 aromatic carbocycles. The molecule has 0 saturated carbocycles. The highest BCUT2D eigenvalue weighted by Gasteiger charge is 2.23. The van der Waals surface area contributed by atoms with Gasteiger partial charge in [-0.05, 0) is 12.1 Å². The zero-order valence-electron chi connectivity index (χ0n) is 12.5. The standard InChI is InChI=1S/C10H10ClNO3/c1-14-10(13)9-3-7(11)2-8(12-9)6-4-15-5-6/h2-3,6H,4-5H2,1H3/i1D3,2D,3D. The summed E-state index contributed by atoms with van der Waals surface area (Å²) in [5, 5.41) is -0.264. The number of methoxy groups -OCH3 is 1. The van der Waals surface area contributed by atoms with Crippen LogP contribution in [0.2, 0.25) is 5.02 Å². The molecule has 0 atom stereocenters. The van der Waals surface area contributed by atoms with E-state index in [4.69, 9.17) is 23.2 Å². The Morgan fingerprint density at radius 3 is 3.20 bits per heavy atom. The van der Waals surface area contributed by atoms with Gasteiger partial charge in [-0.15, -0.1) is 0 Å². The van der Waals surface area contributed by atoms with E-state index in [2.05, 4.69) is 9.72 Å². The summed E-state index contributed by atoms with van der Waals surface area (Å²) in [5.41, 5.74) is -0.307. The number of hydrogen-bond donors (Lipinski definition) is 0. The fourth-order valence-electron chi connectivity index (χ4n) is 1.16. The van der Waals surface area contributed by atoms with Gasteiger partial charge in [0.2, 0.25) is 0 Å². The van der Waals surface area contributed by atoms with Gasteiger partial charge in [0.15, 0.2) is 0 Å². The Labute approximate surface area is 99.2 Å². The van der Waals surface area contributed by atoms with E-state index < -0.39 is 24.7 Å². The van der Waals surface area contributed by atoms with Gasteiger partial charge in [0.05, 0.1) is 32.8 Å². The number of nitrogens with zero attached hydrogens (tertiary/aromatic N) is 1. The van der Waals surface area contributed by atoms with E-state index >= 15 is 0 Å². The number of pyridine rings is 1. The summed E-state index contributed by atoms with van der Waals surface area (Å²) in [6.45, 7) is 0.667. The molecule has 1 saturated heterocycles. The van der Waals surface area contributed by atoms with Crippen molar-refractivity contribution in [2.75, 3.05) is 20.3 Å². The average molecular weight is 233 g/mol. The number of aromatic nitrogens is 1. The van der Waals surface area contributed by atoms with Crippen LogP contribution in [0, 0.1) is 0 Å². The first-order chi connectivity index (χ1) is 9.20. The third kappa shape index (κ3) is 2.11. The third-order valence-corrected chi connectivity index (χ3v) is 2.20. The summed E-state index contributed by atoms with van der Waals surface area (Å²) in [5.74, 6) is -1.46. The molecule has 0 unspecified atom stereocenters. The van der Waals surface area contributed by atoms with Crippen molar-refractivity contribution in [2.24, 2.45) is 0 Å². The molecule has 15 heavy (non-hydrogen) atoms. The minimum atomic E-state index is -2.93. The smallest absolute Gasteiger partial charge is 0.356 e. The number of halogens is 1. The molecule has 1 fully saturated rings. The Morgan fingerprint density at radius 1 is 1.80 bits per heavy atom. The molecule has 1 aliphatic heterocycles. The Hall–Kier alpha value is -1.13. The molecule has 0 bridgehead atoms. The monoisotopic (exact) mass is 232 g/mol. The van der Waals surface area contributed by atoms with E-state index in [0.29, 0.717) is 13.2 Å². The van der Waals surface area contributed by atoms with Crippen molar-refractivity contribution in [3.05, 3.63) is 28.5 Å². The molecule has 1 aromatic rings. The number of esters is 1. The molecular weight excluding hydrogens is 218 g/mol. The van der Waals surface area contributed by atoms with E-state index in [1.54, 1.807) is 0 Å². The zero-order valence-corrected chi connectivity index (χ0v) is 8.30. The van der Waals surface area contributed by atoms with Crippen LogP contribution in [0.25, 0.3) is 0 Å². The Kier molecular flexibility index (Phi) is 1.62. The number of rotatable bonds is 2. The molecule has 0 radical (unpaired) electrons. The van der Waals surface area contributed by atoms with Crippen molar-refractivity contribution < 1.29 is 21.1 Å². The van der Waals surface area contributed by atoms with Gasteiger partial charge in [-0.25, -0.2) is 9.78 Å². The van der Waals surface area contributed by atoms with Crippen LogP contribution in [-0.2, 0) is 9.47 Å².